The van der Waals surface area contributed by atoms with Crippen LogP contribution in [0, 0.1) is 11.7 Å². The summed E-state index contributed by atoms with van der Waals surface area (Å²) in [5.41, 5.74) is 5.74. The highest BCUT2D eigenvalue weighted by Gasteiger charge is 2.43. The van der Waals surface area contributed by atoms with Crippen LogP contribution in [0.15, 0.2) is 48.8 Å². The lowest BCUT2D eigenvalue weighted by atomic mass is 9.94. The molecule has 1 saturated heterocycles. The Balaban J connectivity index is 1.45. The standard InChI is InChI=1S/C21H21FN4/c1-25-19-9-16-12-26(11-14-4-3-7-23-10-14)13-18(16)20(19)21(24-25)15-5-2-6-17(22)8-15/h2-8,10,16,18H,9,11-13H2,1H3/t16-,18+/m0/s1. The molecule has 1 aliphatic carbocycles. The molecule has 0 radical (unpaired) electrons. The van der Waals surface area contributed by atoms with Crippen molar-refractivity contribution in [1.29, 1.82) is 0 Å². The smallest absolute Gasteiger partial charge is 0.123 e. The van der Waals surface area contributed by atoms with Crippen LogP contribution in [-0.4, -0.2) is 32.8 Å². The number of pyridine rings is 1. The van der Waals surface area contributed by atoms with Gasteiger partial charge in [-0.25, -0.2) is 4.39 Å². The van der Waals surface area contributed by atoms with E-state index in [0.29, 0.717) is 11.8 Å². The van der Waals surface area contributed by atoms with Crippen LogP contribution in [0.1, 0.15) is 22.7 Å². The Labute approximate surface area is 152 Å². The minimum Gasteiger partial charge on any atom is -0.298 e. The summed E-state index contributed by atoms with van der Waals surface area (Å²) in [4.78, 5) is 6.74. The molecule has 3 heterocycles. The summed E-state index contributed by atoms with van der Waals surface area (Å²) in [5, 5.41) is 4.73. The molecule has 3 aromatic rings. The summed E-state index contributed by atoms with van der Waals surface area (Å²) in [6.45, 7) is 3.06. The molecule has 0 spiro atoms. The fraction of sp³-hybridized carbons (Fsp3) is 0.333. The second-order valence-electron chi connectivity index (χ2n) is 7.47. The van der Waals surface area contributed by atoms with Crippen LogP contribution in [0.3, 0.4) is 0 Å². The van der Waals surface area contributed by atoms with Gasteiger partial charge in [-0.1, -0.05) is 18.2 Å². The molecule has 132 valence electrons. The largest absolute Gasteiger partial charge is 0.298 e. The second-order valence-corrected chi connectivity index (χ2v) is 7.47. The summed E-state index contributed by atoms with van der Waals surface area (Å²) >= 11 is 0. The molecule has 26 heavy (non-hydrogen) atoms. The van der Waals surface area contributed by atoms with Gasteiger partial charge in [0.1, 0.15) is 5.82 Å². The maximum atomic E-state index is 13.7. The van der Waals surface area contributed by atoms with E-state index in [4.69, 9.17) is 5.10 Å². The van der Waals surface area contributed by atoms with Gasteiger partial charge in [0.2, 0.25) is 0 Å². The number of halogens is 1. The molecule has 4 nitrogen and oxygen atoms in total. The molecule has 0 unspecified atom stereocenters. The quantitative estimate of drug-likeness (QED) is 0.728. The molecule has 0 bridgehead atoms. The van der Waals surface area contributed by atoms with Crippen molar-refractivity contribution in [3.63, 3.8) is 0 Å². The highest BCUT2D eigenvalue weighted by molar-refractivity contribution is 5.66. The van der Waals surface area contributed by atoms with Crippen molar-refractivity contribution < 1.29 is 4.39 Å². The van der Waals surface area contributed by atoms with E-state index in [1.165, 1.54) is 22.9 Å². The van der Waals surface area contributed by atoms with E-state index in [1.807, 2.05) is 36.3 Å². The van der Waals surface area contributed by atoms with E-state index in [2.05, 4.69) is 16.0 Å². The fourth-order valence-corrected chi connectivity index (χ4v) is 4.68. The van der Waals surface area contributed by atoms with E-state index in [9.17, 15) is 4.39 Å². The molecule has 0 saturated carbocycles. The zero-order valence-corrected chi connectivity index (χ0v) is 14.8. The van der Waals surface area contributed by atoms with Crippen molar-refractivity contribution in [2.24, 2.45) is 13.0 Å². The van der Waals surface area contributed by atoms with Crippen LogP contribution >= 0.6 is 0 Å². The maximum absolute atomic E-state index is 13.7. The number of aryl methyl sites for hydroxylation is 1. The molecular weight excluding hydrogens is 327 g/mol. The molecule has 5 rings (SSSR count). The Hall–Kier alpha value is -2.53. The van der Waals surface area contributed by atoms with Gasteiger partial charge in [0, 0.05) is 61.8 Å². The predicted octanol–water partition coefficient (Wildman–Crippen LogP) is 3.39. The number of rotatable bonds is 3. The molecule has 0 N–H and O–H groups in total. The Morgan fingerprint density at radius 3 is 2.92 bits per heavy atom. The molecule has 1 aromatic carbocycles. The third-order valence-electron chi connectivity index (χ3n) is 5.78. The van der Waals surface area contributed by atoms with E-state index in [1.54, 1.807) is 12.1 Å². The van der Waals surface area contributed by atoms with Crippen molar-refractivity contribution >= 4 is 0 Å². The summed E-state index contributed by atoms with van der Waals surface area (Å²) in [6, 6.07) is 10.9. The van der Waals surface area contributed by atoms with E-state index in [0.717, 1.165) is 37.3 Å². The number of likely N-dealkylation sites (tertiary alicyclic amines) is 1. The van der Waals surface area contributed by atoms with Gasteiger partial charge in [-0.3, -0.25) is 14.6 Å². The number of fused-ring (bicyclic) bond motifs is 3. The number of benzene rings is 1. The number of nitrogens with zero attached hydrogens (tertiary/aromatic N) is 4. The average Bonchev–Trinajstić information content (AvgIpc) is 3.27. The van der Waals surface area contributed by atoms with Crippen molar-refractivity contribution in [1.82, 2.24) is 19.7 Å². The van der Waals surface area contributed by atoms with Crippen LogP contribution in [-0.2, 0) is 20.0 Å². The van der Waals surface area contributed by atoms with Gasteiger partial charge in [0.05, 0.1) is 5.69 Å². The van der Waals surface area contributed by atoms with Crippen LogP contribution in [0.5, 0.6) is 0 Å². The lowest BCUT2D eigenvalue weighted by Gasteiger charge is -2.16. The monoisotopic (exact) mass is 348 g/mol. The van der Waals surface area contributed by atoms with Crippen molar-refractivity contribution in [3.8, 4) is 11.3 Å². The highest BCUT2D eigenvalue weighted by atomic mass is 19.1. The first-order valence-electron chi connectivity index (χ1n) is 9.12. The normalized spacial score (nSPS) is 21.8. The van der Waals surface area contributed by atoms with Crippen LogP contribution in [0.25, 0.3) is 11.3 Å². The summed E-state index contributed by atoms with van der Waals surface area (Å²) in [7, 11) is 2.01. The zero-order valence-electron chi connectivity index (χ0n) is 14.8. The van der Waals surface area contributed by atoms with Gasteiger partial charge in [0.15, 0.2) is 0 Å². The Morgan fingerprint density at radius 1 is 1.19 bits per heavy atom. The summed E-state index contributed by atoms with van der Waals surface area (Å²) < 4.78 is 15.7. The topological polar surface area (TPSA) is 34.0 Å². The van der Waals surface area contributed by atoms with E-state index >= 15 is 0 Å². The third kappa shape index (κ3) is 2.54. The van der Waals surface area contributed by atoms with E-state index in [-0.39, 0.29) is 5.82 Å². The van der Waals surface area contributed by atoms with Gasteiger partial charge in [0.25, 0.3) is 0 Å². The molecule has 5 heteroatoms. The molecule has 2 aromatic heterocycles. The van der Waals surface area contributed by atoms with Crippen molar-refractivity contribution in [2.75, 3.05) is 13.1 Å². The number of hydrogen-bond donors (Lipinski definition) is 0. The van der Waals surface area contributed by atoms with Gasteiger partial charge in [-0.2, -0.15) is 5.10 Å². The van der Waals surface area contributed by atoms with E-state index < -0.39 is 0 Å². The average molecular weight is 348 g/mol. The van der Waals surface area contributed by atoms with Gasteiger partial charge < -0.3 is 0 Å². The van der Waals surface area contributed by atoms with Crippen LogP contribution in [0.2, 0.25) is 0 Å². The maximum Gasteiger partial charge on any atom is 0.123 e. The predicted molar refractivity (Wildman–Crippen MR) is 98.1 cm³/mol. The Kier molecular flexibility index (Phi) is 3.64. The summed E-state index contributed by atoms with van der Waals surface area (Å²) in [5.74, 6) is 0.896. The number of hydrogen-bond acceptors (Lipinski definition) is 3. The van der Waals surface area contributed by atoms with Crippen LogP contribution in [0.4, 0.5) is 4.39 Å². The Bertz CT molecular complexity index is 950. The van der Waals surface area contributed by atoms with Crippen LogP contribution < -0.4 is 0 Å². The molecule has 2 atom stereocenters. The number of aromatic nitrogens is 3. The fourth-order valence-electron chi connectivity index (χ4n) is 4.68. The minimum absolute atomic E-state index is 0.207. The first-order valence-corrected chi connectivity index (χ1v) is 9.12. The minimum atomic E-state index is -0.207. The first kappa shape index (κ1) is 15.7. The van der Waals surface area contributed by atoms with Crippen molar-refractivity contribution in [3.05, 3.63) is 71.4 Å². The van der Waals surface area contributed by atoms with Gasteiger partial charge >= 0.3 is 0 Å². The molecule has 1 fully saturated rings. The first-order chi connectivity index (χ1) is 12.7. The Morgan fingerprint density at radius 2 is 2.12 bits per heavy atom. The molecule has 1 aliphatic heterocycles. The lowest BCUT2D eigenvalue weighted by molar-refractivity contribution is 0.313. The SMILES string of the molecule is Cn1nc(-c2cccc(F)c2)c2c1C[C@H]1CN(Cc3cccnc3)C[C@@H]21. The van der Waals surface area contributed by atoms with Gasteiger partial charge in [-0.05, 0) is 36.1 Å². The zero-order chi connectivity index (χ0) is 17.7. The molecular formula is C21H21FN4. The third-order valence-corrected chi connectivity index (χ3v) is 5.78. The molecule has 2 aliphatic rings. The lowest BCUT2D eigenvalue weighted by Crippen LogP contribution is -2.21. The second kappa shape index (κ2) is 6.02. The van der Waals surface area contributed by atoms with Gasteiger partial charge in [-0.15, -0.1) is 0 Å². The van der Waals surface area contributed by atoms with Crippen molar-refractivity contribution in [2.45, 2.75) is 18.9 Å². The summed E-state index contributed by atoms with van der Waals surface area (Å²) in [6.07, 6.45) is 4.82. The molecule has 0 amide bonds. The highest BCUT2D eigenvalue weighted by Crippen LogP contribution is 2.47.